The average molecular weight is 356 g/mol. The lowest BCUT2D eigenvalue weighted by atomic mass is 9.78. The van der Waals surface area contributed by atoms with Gasteiger partial charge in [-0.15, -0.1) is 0 Å². The lowest BCUT2D eigenvalue weighted by Crippen LogP contribution is -2.50. The summed E-state index contributed by atoms with van der Waals surface area (Å²) in [5.74, 6) is 0.0827. The molecule has 2 saturated heterocycles. The number of aliphatic hydroxyl groups is 1. The Hall–Kier alpha value is -1.60. The zero-order valence-electron chi connectivity index (χ0n) is 14.1. The smallest absolute Gasteiger partial charge is 0.395 e. The van der Waals surface area contributed by atoms with Crippen molar-refractivity contribution in [2.75, 3.05) is 32.8 Å². The molecule has 1 atom stereocenters. The zero-order valence-corrected chi connectivity index (χ0v) is 14.1. The molecule has 138 valence electrons. The molecule has 1 aromatic carbocycles. The molecule has 3 rings (SSSR count). The Bertz CT molecular complexity index is 633. The van der Waals surface area contributed by atoms with Gasteiger partial charge in [0.1, 0.15) is 0 Å². The van der Waals surface area contributed by atoms with E-state index in [9.17, 15) is 18.0 Å². The van der Waals surface area contributed by atoms with E-state index in [1.165, 1.54) is 12.1 Å². The third-order valence-electron chi connectivity index (χ3n) is 5.29. The van der Waals surface area contributed by atoms with Crippen molar-refractivity contribution >= 4 is 5.91 Å². The largest absolute Gasteiger partial charge is 0.416 e. The van der Waals surface area contributed by atoms with Gasteiger partial charge in [0.15, 0.2) is 0 Å². The van der Waals surface area contributed by atoms with Crippen molar-refractivity contribution in [2.24, 2.45) is 5.41 Å². The third kappa shape index (κ3) is 3.82. The van der Waals surface area contributed by atoms with Crippen LogP contribution in [0.5, 0.6) is 0 Å². The minimum Gasteiger partial charge on any atom is -0.395 e. The van der Waals surface area contributed by atoms with Crippen LogP contribution >= 0.6 is 0 Å². The summed E-state index contributed by atoms with van der Waals surface area (Å²) >= 11 is 0. The summed E-state index contributed by atoms with van der Waals surface area (Å²) in [5.41, 5.74) is -0.459. The van der Waals surface area contributed by atoms with Gasteiger partial charge >= 0.3 is 6.18 Å². The van der Waals surface area contributed by atoms with Gasteiger partial charge < -0.3 is 10.0 Å². The molecule has 4 nitrogen and oxygen atoms in total. The molecule has 0 saturated carbocycles. The summed E-state index contributed by atoms with van der Waals surface area (Å²) < 4.78 is 38.5. The van der Waals surface area contributed by atoms with Crippen molar-refractivity contribution in [1.82, 2.24) is 9.80 Å². The van der Waals surface area contributed by atoms with Gasteiger partial charge in [-0.1, -0.05) is 18.2 Å². The van der Waals surface area contributed by atoms with Crippen LogP contribution in [0.25, 0.3) is 0 Å². The van der Waals surface area contributed by atoms with Crippen LogP contribution in [0.2, 0.25) is 0 Å². The van der Waals surface area contributed by atoms with E-state index in [-0.39, 0.29) is 12.5 Å². The molecule has 1 spiro atoms. The monoisotopic (exact) mass is 356 g/mol. The van der Waals surface area contributed by atoms with Crippen LogP contribution in [0.3, 0.4) is 0 Å². The summed E-state index contributed by atoms with van der Waals surface area (Å²) in [6.45, 7) is 2.68. The fourth-order valence-corrected chi connectivity index (χ4v) is 4.06. The molecule has 1 N–H and O–H groups in total. The number of likely N-dealkylation sites (tertiary alicyclic amines) is 2. The Labute approximate surface area is 145 Å². The van der Waals surface area contributed by atoms with Crippen molar-refractivity contribution in [3.63, 3.8) is 0 Å². The van der Waals surface area contributed by atoms with Crippen LogP contribution < -0.4 is 0 Å². The summed E-state index contributed by atoms with van der Waals surface area (Å²) in [6.07, 6.45) is -1.89. The van der Waals surface area contributed by atoms with Crippen molar-refractivity contribution in [2.45, 2.75) is 32.0 Å². The minimum absolute atomic E-state index is 0.0459. The van der Waals surface area contributed by atoms with E-state index in [0.29, 0.717) is 38.3 Å². The predicted octanol–water partition coefficient (Wildman–Crippen LogP) is 2.51. The SMILES string of the molecule is O=C1N(CCO)CCC[C@@]12CCN(Cc1cccc(C(F)(F)F)c1)C2. The molecule has 1 aromatic rings. The molecule has 7 heteroatoms. The van der Waals surface area contributed by atoms with Crippen LogP contribution in [0.4, 0.5) is 13.2 Å². The number of aliphatic hydroxyl groups excluding tert-OH is 1. The first-order chi connectivity index (χ1) is 11.8. The number of carbonyl (C=O) groups excluding carboxylic acids is 1. The number of alkyl halides is 3. The van der Waals surface area contributed by atoms with Gasteiger partial charge in [0.2, 0.25) is 5.91 Å². The second kappa shape index (κ2) is 6.96. The fraction of sp³-hybridized carbons (Fsp3) is 0.611. The molecule has 25 heavy (non-hydrogen) atoms. The van der Waals surface area contributed by atoms with E-state index in [0.717, 1.165) is 25.3 Å². The molecular weight excluding hydrogens is 333 g/mol. The van der Waals surface area contributed by atoms with Gasteiger partial charge in [0.05, 0.1) is 17.6 Å². The number of rotatable bonds is 4. The number of hydrogen-bond donors (Lipinski definition) is 1. The van der Waals surface area contributed by atoms with Crippen molar-refractivity contribution in [1.29, 1.82) is 0 Å². The molecule has 0 aromatic heterocycles. The molecule has 0 aliphatic carbocycles. The number of piperidine rings is 1. The number of nitrogens with zero attached hydrogens (tertiary/aromatic N) is 2. The van der Waals surface area contributed by atoms with E-state index in [2.05, 4.69) is 4.90 Å². The second-order valence-electron chi connectivity index (χ2n) is 7.06. The quantitative estimate of drug-likeness (QED) is 0.902. The highest BCUT2D eigenvalue weighted by molar-refractivity contribution is 5.84. The Balaban J connectivity index is 1.68. The highest BCUT2D eigenvalue weighted by atomic mass is 19.4. The van der Waals surface area contributed by atoms with Crippen molar-refractivity contribution < 1.29 is 23.1 Å². The van der Waals surface area contributed by atoms with E-state index < -0.39 is 17.2 Å². The van der Waals surface area contributed by atoms with Crippen LogP contribution in [0.15, 0.2) is 24.3 Å². The first-order valence-electron chi connectivity index (χ1n) is 8.63. The topological polar surface area (TPSA) is 43.8 Å². The van der Waals surface area contributed by atoms with E-state index in [1.807, 2.05) is 0 Å². The maximum atomic E-state index is 12.8. The third-order valence-corrected chi connectivity index (χ3v) is 5.29. The maximum absolute atomic E-state index is 12.8. The number of benzene rings is 1. The van der Waals surface area contributed by atoms with Gasteiger partial charge in [0.25, 0.3) is 0 Å². The van der Waals surface area contributed by atoms with Gasteiger partial charge in [0, 0.05) is 26.2 Å². The Morgan fingerprint density at radius 3 is 2.72 bits per heavy atom. The van der Waals surface area contributed by atoms with Gasteiger partial charge in [-0.3, -0.25) is 9.69 Å². The molecule has 2 aliphatic rings. The number of β-amino-alcohol motifs (C(OH)–C–C–N with tert-alkyl or cyclic N) is 1. The van der Waals surface area contributed by atoms with Crippen LogP contribution in [-0.4, -0.2) is 53.6 Å². The summed E-state index contributed by atoms with van der Waals surface area (Å²) in [4.78, 5) is 16.5. The zero-order chi connectivity index (χ0) is 18.1. The second-order valence-corrected chi connectivity index (χ2v) is 7.06. The molecule has 0 unspecified atom stereocenters. The fourth-order valence-electron chi connectivity index (χ4n) is 4.06. The highest BCUT2D eigenvalue weighted by Gasteiger charge is 2.48. The highest BCUT2D eigenvalue weighted by Crippen LogP contribution is 2.40. The average Bonchev–Trinajstić information content (AvgIpc) is 2.95. The van der Waals surface area contributed by atoms with Crippen LogP contribution in [0.1, 0.15) is 30.4 Å². The predicted molar refractivity (Wildman–Crippen MR) is 86.7 cm³/mol. The normalized spacial score (nSPS) is 25.1. The Morgan fingerprint density at radius 1 is 1.20 bits per heavy atom. The number of carbonyl (C=O) groups is 1. The van der Waals surface area contributed by atoms with Crippen molar-refractivity contribution in [3.8, 4) is 0 Å². The molecule has 2 heterocycles. The molecule has 1 amide bonds. The summed E-state index contributed by atoms with van der Waals surface area (Å²) in [6, 6.07) is 5.39. The number of amides is 1. The number of halogens is 3. The van der Waals surface area contributed by atoms with Gasteiger partial charge in [-0.2, -0.15) is 13.2 Å². The summed E-state index contributed by atoms with van der Waals surface area (Å²) in [7, 11) is 0. The minimum atomic E-state index is -4.34. The molecule has 2 fully saturated rings. The first kappa shape index (κ1) is 18.2. The molecule has 0 bridgehead atoms. The van der Waals surface area contributed by atoms with E-state index >= 15 is 0 Å². The first-order valence-corrected chi connectivity index (χ1v) is 8.63. The number of hydrogen-bond acceptors (Lipinski definition) is 3. The van der Waals surface area contributed by atoms with Gasteiger partial charge in [-0.25, -0.2) is 0 Å². The van der Waals surface area contributed by atoms with Crippen LogP contribution in [0, 0.1) is 5.41 Å². The lowest BCUT2D eigenvalue weighted by molar-refractivity contribution is -0.146. The van der Waals surface area contributed by atoms with E-state index in [4.69, 9.17) is 5.11 Å². The maximum Gasteiger partial charge on any atom is 0.416 e. The lowest BCUT2D eigenvalue weighted by Gasteiger charge is -2.39. The van der Waals surface area contributed by atoms with E-state index in [1.54, 1.807) is 11.0 Å². The molecule has 0 radical (unpaired) electrons. The van der Waals surface area contributed by atoms with Crippen LogP contribution in [-0.2, 0) is 17.5 Å². The molecular formula is C18H23F3N2O2. The van der Waals surface area contributed by atoms with Crippen molar-refractivity contribution in [3.05, 3.63) is 35.4 Å². The van der Waals surface area contributed by atoms with Gasteiger partial charge in [-0.05, 0) is 37.4 Å². The summed E-state index contributed by atoms with van der Waals surface area (Å²) in [5, 5.41) is 9.11. The molecule has 2 aliphatic heterocycles. The Morgan fingerprint density at radius 2 is 2.00 bits per heavy atom. The standard InChI is InChI=1S/C18H23F3N2O2/c19-18(20,21)15-4-1-3-14(11-15)12-22-8-6-17(13-22)5-2-7-23(9-10-24)16(17)25/h1,3-4,11,24H,2,5-10,12-13H2/t17-/m0/s1. The Kier molecular flexibility index (Phi) is 5.06.